The molecule has 1 N–H and O–H groups in total. The number of halogens is 2. The maximum atomic E-state index is 13.1. The van der Waals surface area contributed by atoms with Crippen LogP contribution in [0.15, 0.2) is 60.9 Å². The Hall–Kier alpha value is -2.82. The molecule has 5 heteroatoms. The van der Waals surface area contributed by atoms with Crippen LogP contribution in [-0.2, 0) is 6.54 Å². The molecule has 0 aliphatic heterocycles. The summed E-state index contributed by atoms with van der Waals surface area (Å²) < 4.78 is 26.0. The van der Waals surface area contributed by atoms with Crippen molar-refractivity contribution in [2.75, 3.05) is 5.32 Å². The summed E-state index contributed by atoms with van der Waals surface area (Å²) in [6, 6.07) is 13.2. The summed E-state index contributed by atoms with van der Waals surface area (Å²) in [5.74, 6) is -1.69. The van der Waals surface area contributed by atoms with E-state index in [4.69, 9.17) is 0 Å². The summed E-state index contributed by atoms with van der Waals surface area (Å²) in [4.78, 5) is 8.56. The summed E-state index contributed by atoms with van der Waals surface area (Å²) in [5, 5.41) is 3.11. The van der Waals surface area contributed by atoms with E-state index >= 15 is 0 Å². The van der Waals surface area contributed by atoms with E-state index < -0.39 is 11.6 Å². The molecule has 0 saturated carbocycles. The molecule has 0 aliphatic carbocycles. The van der Waals surface area contributed by atoms with E-state index in [-0.39, 0.29) is 0 Å². The maximum Gasteiger partial charge on any atom is 0.159 e. The third-order valence-corrected chi connectivity index (χ3v) is 3.17. The number of rotatable bonds is 4. The Morgan fingerprint density at radius 2 is 1.73 bits per heavy atom. The van der Waals surface area contributed by atoms with E-state index in [1.165, 1.54) is 6.07 Å². The van der Waals surface area contributed by atoms with E-state index in [0.29, 0.717) is 12.1 Å². The first-order valence-electron chi connectivity index (χ1n) is 6.77. The number of pyridine rings is 2. The average molecular weight is 297 g/mol. The Morgan fingerprint density at radius 1 is 0.864 bits per heavy atom. The van der Waals surface area contributed by atoms with Crippen LogP contribution in [0.25, 0.3) is 11.4 Å². The normalized spacial score (nSPS) is 10.5. The lowest BCUT2D eigenvalue weighted by atomic mass is 10.2. The van der Waals surface area contributed by atoms with E-state index in [2.05, 4.69) is 15.3 Å². The number of aromatic nitrogens is 2. The van der Waals surface area contributed by atoms with E-state index in [1.54, 1.807) is 18.5 Å². The molecule has 1 aromatic carbocycles. The fraction of sp³-hybridized carbons (Fsp3) is 0.0588. The molecule has 0 unspecified atom stereocenters. The molecule has 0 atom stereocenters. The lowest BCUT2D eigenvalue weighted by Crippen LogP contribution is -2.01. The highest BCUT2D eigenvalue weighted by molar-refractivity contribution is 5.56. The molecule has 3 rings (SSSR count). The predicted molar refractivity (Wildman–Crippen MR) is 81.2 cm³/mol. The summed E-state index contributed by atoms with van der Waals surface area (Å²) >= 11 is 0. The van der Waals surface area contributed by atoms with Gasteiger partial charge in [-0.05, 0) is 42.0 Å². The van der Waals surface area contributed by atoms with Gasteiger partial charge in [-0.1, -0.05) is 12.1 Å². The molecule has 0 fully saturated rings. The van der Waals surface area contributed by atoms with Gasteiger partial charge in [0.2, 0.25) is 0 Å². The SMILES string of the molecule is Fc1ccc(CNc2ccc(-c3ccccn3)nc2)cc1F. The number of hydrogen-bond acceptors (Lipinski definition) is 3. The van der Waals surface area contributed by atoms with Gasteiger partial charge < -0.3 is 5.32 Å². The average Bonchev–Trinajstić information content (AvgIpc) is 2.57. The lowest BCUT2D eigenvalue weighted by molar-refractivity contribution is 0.507. The summed E-state index contributed by atoms with van der Waals surface area (Å²) in [6.07, 6.45) is 3.40. The van der Waals surface area contributed by atoms with Crippen molar-refractivity contribution < 1.29 is 8.78 Å². The fourth-order valence-electron chi connectivity index (χ4n) is 2.02. The van der Waals surface area contributed by atoms with Gasteiger partial charge >= 0.3 is 0 Å². The van der Waals surface area contributed by atoms with Gasteiger partial charge in [0.15, 0.2) is 11.6 Å². The van der Waals surface area contributed by atoms with Crippen LogP contribution < -0.4 is 5.32 Å². The van der Waals surface area contributed by atoms with Crippen LogP contribution in [0.1, 0.15) is 5.56 Å². The van der Waals surface area contributed by atoms with E-state index in [9.17, 15) is 8.78 Å². The van der Waals surface area contributed by atoms with Crippen LogP contribution in [0.2, 0.25) is 0 Å². The van der Waals surface area contributed by atoms with Crippen molar-refractivity contribution in [1.29, 1.82) is 0 Å². The topological polar surface area (TPSA) is 37.8 Å². The van der Waals surface area contributed by atoms with Gasteiger partial charge in [0.05, 0.1) is 23.3 Å². The van der Waals surface area contributed by atoms with Crippen molar-refractivity contribution in [2.24, 2.45) is 0 Å². The molecule has 0 aliphatic rings. The number of nitrogens with zero attached hydrogens (tertiary/aromatic N) is 2. The molecular formula is C17H13F2N3. The van der Waals surface area contributed by atoms with Crippen molar-refractivity contribution in [3.05, 3.63) is 78.1 Å². The second kappa shape index (κ2) is 6.30. The third-order valence-electron chi connectivity index (χ3n) is 3.17. The largest absolute Gasteiger partial charge is 0.380 e. The Bertz CT molecular complexity index is 759. The minimum absolute atomic E-state index is 0.391. The number of hydrogen-bond donors (Lipinski definition) is 1. The molecule has 2 heterocycles. The van der Waals surface area contributed by atoms with Crippen LogP contribution in [0, 0.1) is 11.6 Å². The quantitative estimate of drug-likeness (QED) is 0.790. The molecule has 0 bridgehead atoms. The highest BCUT2D eigenvalue weighted by Gasteiger charge is 2.03. The second-order valence-corrected chi connectivity index (χ2v) is 4.75. The van der Waals surface area contributed by atoms with Crippen molar-refractivity contribution in [3.8, 4) is 11.4 Å². The van der Waals surface area contributed by atoms with Gasteiger partial charge in [-0.2, -0.15) is 0 Å². The van der Waals surface area contributed by atoms with Crippen LogP contribution in [0.4, 0.5) is 14.5 Å². The van der Waals surface area contributed by atoms with E-state index in [1.807, 2.05) is 30.3 Å². The highest BCUT2D eigenvalue weighted by Crippen LogP contribution is 2.16. The molecule has 3 aromatic rings. The molecule has 22 heavy (non-hydrogen) atoms. The highest BCUT2D eigenvalue weighted by atomic mass is 19.2. The zero-order chi connectivity index (χ0) is 15.4. The molecule has 3 nitrogen and oxygen atoms in total. The zero-order valence-electron chi connectivity index (χ0n) is 11.6. The molecule has 0 saturated heterocycles. The van der Waals surface area contributed by atoms with Gasteiger partial charge in [0, 0.05) is 12.7 Å². The second-order valence-electron chi connectivity index (χ2n) is 4.75. The van der Waals surface area contributed by atoms with E-state index in [0.717, 1.165) is 23.1 Å². The molecule has 0 spiro atoms. The standard InChI is InChI=1S/C17H13F2N3/c18-14-6-4-12(9-15(14)19)10-21-13-5-7-17(22-11-13)16-3-1-2-8-20-16/h1-9,11,21H,10H2. The minimum atomic E-state index is -0.845. The lowest BCUT2D eigenvalue weighted by Gasteiger charge is -2.07. The zero-order valence-corrected chi connectivity index (χ0v) is 11.6. The Kier molecular flexibility index (Phi) is 4.05. The predicted octanol–water partition coefficient (Wildman–Crippen LogP) is 4.03. The summed E-state index contributed by atoms with van der Waals surface area (Å²) in [7, 11) is 0. The van der Waals surface area contributed by atoms with Gasteiger partial charge in [0.1, 0.15) is 0 Å². The number of anilines is 1. The van der Waals surface area contributed by atoms with Gasteiger partial charge in [0.25, 0.3) is 0 Å². The van der Waals surface area contributed by atoms with Crippen LogP contribution in [-0.4, -0.2) is 9.97 Å². The maximum absolute atomic E-state index is 13.1. The smallest absolute Gasteiger partial charge is 0.159 e. The van der Waals surface area contributed by atoms with Crippen molar-refractivity contribution in [3.63, 3.8) is 0 Å². The van der Waals surface area contributed by atoms with Crippen LogP contribution in [0.5, 0.6) is 0 Å². The summed E-state index contributed by atoms with van der Waals surface area (Å²) in [5.41, 5.74) is 3.03. The minimum Gasteiger partial charge on any atom is -0.380 e. The number of nitrogens with one attached hydrogen (secondary N) is 1. The summed E-state index contributed by atoms with van der Waals surface area (Å²) in [6.45, 7) is 0.391. The molecule has 0 radical (unpaired) electrons. The van der Waals surface area contributed by atoms with Gasteiger partial charge in [-0.3, -0.25) is 9.97 Å². The Morgan fingerprint density at radius 3 is 2.41 bits per heavy atom. The molecular weight excluding hydrogens is 284 g/mol. The van der Waals surface area contributed by atoms with Crippen molar-refractivity contribution in [1.82, 2.24) is 9.97 Å². The van der Waals surface area contributed by atoms with Gasteiger partial charge in [-0.15, -0.1) is 0 Å². The van der Waals surface area contributed by atoms with Crippen LogP contribution in [0.3, 0.4) is 0 Å². The monoisotopic (exact) mass is 297 g/mol. The first-order chi connectivity index (χ1) is 10.7. The Labute approximate surface area is 126 Å². The van der Waals surface area contributed by atoms with Crippen LogP contribution >= 0.6 is 0 Å². The Balaban J connectivity index is 1.67. The number of benzene rings is 1. The van der Waals surface area contributed by atoms with Gasteiger partial charge in [-0.25, -0.2) is 8.78 Å². The van der Waals surface area contributed by atoms with Crippen molar-refractivity contribution >= 4 is 5.69 Å². The molecule has 0 amide bonds. The molecule has 2 aromatic heterocycles. The van der Waals surface area contributed by atoms with Crippen molar-refractivity contribution in [2.45, 2.75) is 6.54 Å². The molecule has 110 valence electrons. The first kappa shape index (κ1) is 14.1. The third kappa shape index (κ3) is 3.25. The first-order valence-corrected chi connectivity index (χ1v) is 6.77. The fourth-order valence-corrected chi connectivity index (χ4v) is 2.02.